The molecule has 0 saturated carbocycles. The van der Waals surface area contributed by atoms with Crippen LogP contribution in [0.15, 0.2) is 12.3 Å². The Morgan fingerprint density at radius 1 is 1.50 bits per heavy atom. The van der Waals surface area contributed by atoms with Crippen molar-refractivity contribution in [1.82, 2.24) is 19.2 Å². The fourth-order valence-electron chi connectivity index (χ4n) is 2.51. The van der Waals surface area contributed by atoms with Crippen LogP contribution in [0.1, 0.15) is 24.6 Å². The van der Waals surface area contributed by atoms with Gasteiger partial charge in [-0.1, -0.05) is 11.6 Å². The Balaban J connectivity index is 1.88. The highest BCUT2D eigenvalue weighted by molar-refractivity contribution is 7.09. The molecule has 0 aliphatic carbocycles. The molecule has 2 aromatic rings. The average Bonchev–Trinajstić information content (AvgIpc) is 2.91. The second kappa shape index (κ2) is 5.63. The van der Waals surface area contributed by atoms with E-state index in [2.05, 4.69) is 26.3 Å². The van der Waals surface area contributed by atoms with Crippen molar-refractivity contribution in [3.8, 4) is 10.6 Å². The SMILES string of the molecule is CN1CCCC(c2nsc(-c3cc(N)ncc3Cl)n2)C1. The number of likely N-dealkylation sites (N-methyl/N-ethyl adjacent to an activating group) is 1. The van der Waals surface area contributed by atoms with Crippen LogP contribution in [0.4, 0.5) is 5.82 Å². The van der Waals surface area contributed by atoms with Crippen LogP contribution >= 0.6 is 23.1 Å². The Morgan fingerprint density at radius 3 is 3.15 bits per heavy atom. The van der Waals surface area contributed by atoms with Gasteiger partial charge >= 0.3 is 0 Å². The monoisotopic (exact) mass is 309 g/mol. The largest absolute Gasteiger partial charge is 0.384 e. The highest BCUT2D eigenvalue weighted by Crippen LogP contribution is 2.32. The standard InChI is InChI=1S/C13H16ClN5S/c1-19-4-2-3-8(7-19)12-17-13(20-18-12)9-5-11(15)16-6-10(9)14/h5-6,8H,2-4,7H2,1H3,(H2,15,16). The number of rotatable bonds is 2. The second-order valence-electron chi connectivity index (χ2n) is 5.15. The minimum atomic E-state index is 0.414. The van der Waals surface area contributed by atoms with Crippen molar-refractivity contribution in [2.75, 3.05) is 25.9 Å². The first kappa shape index (κ1) is 13.7. The molecule has 3 rings (SSSR count). The van der Waals surface area contributed by atoms with Gasteiger partial charge in [-0.05, 0) is 44.0 Å². The fraction of sp³-hybridized carbons (Fsp3) is 0.462. The normalized spacial score (nSPS) is 20.2. The summed E-state index contributed by atoms with van der Waals surface area (Å²) in [4.78, 5) is 10.9. The van der Waals surface area contributed by atoms with Crippen LogP contribution in [-0.4, -0.2) is 39.4 Å². The first-order valence-corrected chi connectivity index (χ1v) is 7.72. The van der Waals surface area contributed by atoms with E-state index in [1.54, 1.807) is 12.3 Å². The summed E-state index contributed by atoms with van der Waals surface area (Å²) in [7, 11) is 2.14. The lowest BCUT2D eigenvalue weighted by Gasteiger charge is -2.27. The third kappa shape index (κ3) is 2.77. The predicted molar refractivity (Wildman–Crippen MR) is 82.0 cm³/mol. The average molecular weight is 310 g/mol. The summed E-state index contributed by atoms with van der Waals surface area (Å²) in [5.74, 6) is 1.78. The van der Waals surface area contributed by atoms with Crippen molar-refractivity contribution < 1.29 is 0 Å². The van der Waals surface area contributed by atoms with Gasteiger partial charge in [0.1, 0.15) is 16.6 Å². The number of halogens is 1. The Morgan fingerprint density at radius 2 is 2.35 bits per heavy atom. The number of likely N-dealkylation sites (tertiary alicyclic amines) is 1. The van der Waals surface area contributed by atoms with E-state index in [1.165, 1.54) is 18.0 Å². The van der Waals surface area contributed by atoms with E-state index in [4.69, 9.17) is 17.3 Å². The van der Waals surface area contributed by atoms with Gasteiger partial charge in [0.15, 0.2) is 0 Å². The summed E-state index contributed by atoms with van der Waals surface area (Å²) in [6.45, 7) is 2.17. The quantitative estimate of drug-likeness (QED) is 0.923. The van der Waals surface area contributed by atoms with Gasteiger partial charge in [-0.15, -0.1) is 0 Å². The molecule has 1 aliphatic rings. The number of piperidine rings is 1. The zero-order valence-electron chi connectivity index (χ0n) is 11.2. The maximum atomic E-state index is 6.16. The Kier molecular flexibility index (Phi) is 3.87. The topological polar surface area (TPSA) is 67.9 Å². The molecule has 1 aliphatic heterocycles. The lowest BCUT2D eigenvalue weighted by molar-refractivity contribution is 0.246. The summed E-state index contributed by atoms with van der Waals surface area (Å²) in [5.41, 5.74) is 6.52. The van der Waals surface area contributed by atoms with Gasteiger partial charge in [-0.2, -0.15) is 4.37 Å². The van der Waals surface area contributed by atoms with Crippen LogP contribution in [0, 0.1) is 0 Å². The molecule has 1 atom stereocenters. The van der Waals surface area contributed by atoms with Crippen molar-refractivity contribution in [2.24, 2.45) is 0 Å². The van der Waals surface area contributed by atoms with E-state index in [-0.39, 0.29) is 0 Å². The van der Waals surface area contributed by atoms with Crippen LogP contribution in [0.3, 0.4) is 0 Å². The summed E-state index contributed by atoms with van der Waals surface area (Å²) >= 11 is 7.53. The molecule has 0 amide bonds. The van der Waals surface area contributed by atoms with Gasteiger partial charge < -0.3 is 10.6 Å². The van der Waals surface area contributed by atoms with Crippen LogP contribution in [0.2, 0.25) is 5.02 Å². The molecule has 0 spiro atoms. The smallest absolute Gasteiger partial charge is 0.147 e. The maximum Gasteiger partial charge on any atom is 0.147 e. The molecule has 3 heterocycles. The molecule has 2 aromatic heterocycles. The highest BCUT2D eigenvalue weighted by atomic mass is 35.5. The first-order chi connectivity index (χ1) is 9.63. The molecular formula is C13H16ClN5S. The van der Waals surface area contributed by atoms with Crippen LogP contribution in [0.25, 0.3) is 10.6 Å². The molecule has 20 heavy (non-hydrogen) atoms. The lowest BCUT2D eigenvalue weighted by atomic mass is 9.98. The van der Waals surface area contributed by atoms with Gasteiger partial charge in [0.05, 0.1) is 5.02 Å². The molecule has 1 saturated heterocycles. The van der Waals surface area contributed by atoms with Gasteiger partial charge in [0.25, 0.3) is 0 Å². The van der Waals surface area contributed by atoms with E-state index in [1.807, 2.05) is 0 Å². The lowest BCUT2D eigenvalue weighted by Crippen LogP contribution is -2.31. The van der Waals surface area contributed by atoms with Crippen molar-refractivity contribution in [3.63, 3.8) is 0 Å². The number of hydrogen-bond donors (Lipinski definition) is 1. The zero-order chi connectivity index (χ0) is 14.1. The van der Waals surface area contributed by atoms with Crippen molar-refractivity contribution >= 4 is 29.0 Å². The molecule has 0 bridgehead atoms. The minimum Gasteiger partial charge on any atom is -0.384 e. The molecule has 106 valence electrons. The second-order valence-corrected chi connectivity index (χ2v) is 6.31. The van der Waals surface area contributed by atoms with E-state index >= 15 is 0 Å². The van der Waals surface area contributed by atoms with Gasteiger partial charge in [-0.3, -0.25) is 0 Å². The highest BCUT2D eigenvalue weighted by Gasteiger charge is 2.23. The molecule has 0 radical (unpaired) electrons. The van der Waals surface area contributed by atoms with E-state index in [9.17, 15) is 0 Å². The summed E-state index contributed by atoms with van der Waals surface area (Å²) < 4.78 is 4.51. The number of nitrogen functional groups attached to an aromatic ring is 1. The summed E-state index contributed by atoms with van der Waals surface area (Å²) in [5, 5.41) is 1.37. The van der Waals surface area contributed by atoms with E-state index < -0.39 is 0 Å². The summed E-state index contributed by atoms with van der Waals surface area (Å²) in [6, 6.07) is 1.75. The fourth-order valence-corrected chi connectivity index (χ4v) is 3.53. The Bertz CT molecular complexity index is 615. The molecular weight excluding hydrogens is 294 g/mol. The molecule has 1 unspecified atom stereocenters. The van der Waals surface area contributed by atoms with Gasteiger partial charge in [-0.25, -0.2) is 9.97 Å². The first-order valence-electron chi connectivity index (χ1n) is 6.57. The van der Waals surface area contributed by atoms with E-state index in [0.29, 0.717) is 16.8 Å². The van der Waals surface area contributed by atoms with Crippen LogP contribution in [-0.2, 0) is 0 Å². The number of anilines is 1. The van der Waals surface area contributed by atoms with Gasteiger partial charge in [0, 0.05) is 24.2 Å². The van der Waals surface area contributed by atoms with E-state index in [0.717, 1.165) is 35.9 Å². The molecule has 0 aromatic carbocycles. The van der Waals surface area contributed by atoms with Crippen molar-refractivity contribution in [3.05, 3.63) is 23.1 Å². The minimum absolute atomic E-state index is 0.414. The third-order valence-corrected chi connectivity index (χ3v) is 4.60. The van der Waals surface area contributed by atoms with Crippen molar-refractivity contribution in [2.45, 2.75) is 18.8 Å². The van der Waals surface area contributed by atoms with Crippen LogP contribution < -0.4 is 5.73 Å². The third-order valence-electron chi connectivity index (χ3n) is 3.54. The Hall–Kier alpha value is -1.24. The zero-order valence-corrected chi connectivity index (χ0v) is 12.8. The molecule has 2 N–H and O–H groups in total. The summed E-state index contributed by atoms with van der Waals surface area (Å²) in [6.07, 6.45) is 3.90. The Labute approximate surface area is 127 Å². The number of hydrogen-bond acceptors (Lipinski definition) is 6. The molecule has 1 fully saturated rings. The number of nitrogens with zero attached hydrogens (tertiary/aromatic N) is 4. The molecule has 5 nitrogen and oxygen atoms in total. The van der Waals surface area contributed by atoms with Crippen molar-refractivity contribution in [1.29, 1.82) is 0 Å². The number of nitrogens with two attached hydrogens (primary N) is 1. The number of aromatic nitrogens is 3. The molecule has 7 heteroatoms. The van der Waals surface area contributed by atoms with Gasteiger partial charge in [0.2, 0.25) is 0 Å². The van der Waals surface area contributed by atoms with Crippen LogP contribution in [0.5, 0.6) is 0 Å². The number of pyridine rings is 1. The maximum absolute atomic E-state index is 6.16. The predicted octanol–water partition coefficient (Wildman–Crippen LogP) is 2.64.